The van der Waals surface area contributed by atoms with E-state index in [0.29, 0.717) is 25.7 Å². The second-order valence-corrected chi connectivity index (χ2v) is 7.45. The molecule has 1 saturated heterocycles. The minimum atomic E-state index is -0.227. The van der Waals surface area contributed by atoms with Gasteiger partial charge in [0.05, 0.1) is 19.8 Å². The number of amides is 3. The molecule has 7 nitrogen and oxygen atoms in total. The third kappa shape index (κ3) is 8.27. The molecule has 1 aliphatic heterocycles. The van der Waals surface area contributed by atoms with Crippen molar-refractivity contribution in [2.45, 2.75) is 47.0 Å². The quantitative estimate of drug-likeness (QED) is 0.393. The summed E-state index contributed by atoms with van der Waals surface area (Å²) in [6.07, 6.45) is 1.56. The summed E-state index contributed by atoms with van der Waals surface area (Å²) >= 11 is 0. The predicted molar refractivity (Wildman–Crippen MR) is 98.4 cm³/mol. The Morgan fingerprint density at radius 1 is 1.12 bits per heavy atom. The summed E-state index contributed by atoms with van der Waals surface area (Å²) in [5, 5.41) is 2.72. The molecule has 0 aromatic heterocycles. The lowest BCUT2D eigenvalue weighted by Gasteiger charge is -2.16. The van der Waals surface area contributed by atoms with Crippen molar-refractivity contribution in [3.63, 3.8) is 0 Å². The molecule has 0 spiro atoms. The van der Waals surface area contributed by atoms with Crippen molar-refractivity contribution in [2.24, 2.45) is 17.8 Å². The van der Waals surface area contributed by atoms with Crippen molar-refractivity contribution in [2.75, 3.05) is 39.5 Å². The van der Waals surface area contributed by atoms with E-state index in [-0.39, 0.29) is 55.5 Å². The average Bonchev–Trinajstić information content (AvgIpc) is 2.85. The van der Waals surface area contributed by atoms with Gasteiger partial charge in [0.15, 0.2) is 0 Å². The molecule has 1 N–H and O–H groups in total. The minimum absolute atomic E-state index is 0.125. The molecular weight excluding hydrogens is 336 g/mol. The average molecular weight is 370 g/mol. The first-order valence-electron chi connectivity index (χ1n) is 9.59. The lowest BCUT2D eigenvalue weighted by Crippen LogP contribution is -2.39. The van der Waals surface area contributed by atoms with Gasteiger partial charge in [0.2, 0.25) is 17.7 Å². The molecule has 26 heavy (non-hydrogen) atoms. The van der Waals surface area contributed by atoms with Gasteiger partial charge in [-0.1, -0.05) is 27.7 Å². The molecule has 3 amide bonds. The molecule has 1 heterocycles. The fraction of sp³-hybridized carbons (Fsp3) is 0.842. The van der Waals surface area contributed by atoms with Crippen LogP contribution >= 0.6 is 0 Å². The summed E-state index contributed by atoms with van der Waals surface area (Å²) in [5.74, 6) is 0.128. The van der Waals surface area contributed by atoms with Gasteiger partial charge in [0.25, 0.3) is 0 Å². The maximum absolute atomic E-state index is 12.1. The van der Waals surface area contributed by atoms with Crippen molar-refractivity contribution in [1.82, 2.24) is 10.2 Å². The monoisotopic (exact) mass is 370 g/mol. The highest BCUT2D eigenvalue weighted by Crippen LogP contribution is 2.25. The first kappa shape index (κ1) is 22.6. The lowest BCUT2D eigenvalue weighted by molar-refractivity contribution is -0.140. The van der Waals surface area contributed by atoms with Crippen LogP contribution in [0.2, 0.25) is 0 Å². The normalized spacial score (nSPS) is 17.6. The predicted octanol–water partition coefficient (Wildman–Crippen LogP) is 1.60. The number of carbonyl (C=O) groups is 3. The van der Waals surface area contributed by atoms with Gasteiger partial charge in [-0.05, 0) is 18.3 Å². The summed E-state index contributed by atoms with van der Waals surface area (Å²) < 4.78 is 10.8. The van der Waals surface area contributed by atoms with Gasteiger partial charge >= 0.3 is 0 Å². The van der Waals surface area contributed by atoms with Crippen LogP contribution in [0.5, 0.6) is 0 Å². The van der Waals surface area contributed by atoms with E-state index in [9.17, 15) is 14.4 Å². The number of nitrogens with zero attached hydrogens (tertiary/aromatic N) is 1. The third-order valence-corrected chi connectivity index (χ3v) is 4.43. The van der Waals surface area contributed by atoms with E-state index in [2.05, 4.69) is 19.2 Å². The Bertz CT molecular complexity index is 465. The molecule has 1 rings (SSSR count). The molecule has 0 aliphatic carbocycles. The number of hydrogen-bond donors (Lipinski definition) is 1. The van der Waals surface area contributed by atoms with Gasteiger partial charge in [-0.25, -0.2) is 0 Å². The van der Waals surface area contributed by atoms with Gasteiger partial charge in [-0.15, -0.1) is 0 Å². The Balaban J connectivity index is 2.05. The first-order valence-corrected chi connectivity index (χ1v) is 9.59. The molecule has 0 radical (unpaired) electrons. The third-order valence-electron chi connectivity index (χ3n) is 4.43. The summed E-state index contributed by atoms with van der Waals surface area (Å²) in [5.41, 5.74) is 0. The molecule has 1 atom stereocenters. The molecule has 1 unspecified atom stereocenters. The van der Waals surface area contributed by atoms with Crippen LogP contribution in [-0.4, -0.2) is 62.1 Å². The Kier molecular flexibility index (Phi) is 10.4. The van der Waals surface area contributed by atoms with Gasteiger partial charge in [0.1, 0.15) is 0 Å². The summed E-state index contributed by atoms with van der Waals surface area (Å²) in [6, 6.07) is 0. The maximum atomic E-state index is 12.1. The number of likely N-dealkylation sites (tertiary alicyclic amines) is 1. The van der Waals surface area contributed by atoms with Gasteiger partial charge in [0, 0.05) is 38.5 Å². The zero-order valence-corrected chi connectivity index (χ0v) is 16.6. The number of nitrogens with one attached hydrogen (secondary N) is 1. The molecule has 7 heteroatoms. The number of carbonyl (C=O) groups excluding carboxylic acids is 3. The number of imide groups is 1. The van der Waals surface area contributed by atoms with Crippen LogP contribution in [0.25, 0.3) is 0 Å². The summed E-state index contributed by atoms with van der Waals surface area (Å²) in [6.45, 7) is 10.8. The molecular formula is C19H34N2O5. The Morgan fingerprint density at radius 2 is 1.77 bits per heavy atom. The van der Waals surface area contributed by atoms with E-state index < -0.39 is 0 Å². The van der Waals surface area contributed by atoms with E-state index in [4.69, 9.17) is 9.47 Å². The number of rotatable bonds is 13. The fourth-order valence-electron chi connectivity index (χ4n) is 2.67. The van der Waals surface area contributed by atoms with Crippen LogP contribution in [0.3, 0.4) is 0 Å². The van der Waals surface area contributed by atoms with Crippen LogP contribution < -0.4 is 5.32 Å². The van der Waals surface area contributed by atoms with E-state index in [1.807, 2.05) is 13.8 Å². The Hall–Kier alpha value is -1.47. The highest BCUT2D eigenvalue weighted by atomic mass is 16.5. The van der Waals surface area contributed by atoms with Crippen LogP contribution in [0.1, 0.15) is 47.0 Å². The Labute approximate surface area is 156 Å². The molecule has 0 saturated carbocycles. The minimum Gasteiger partial charge on any atom is -0.379 e. The van der Waals surface area contributed by atoms with Crippen LogP contribution in [0, 0.1) is 17.8 Å². The second-order valence-electron chi connectivity index (χ2n) is 7.45. The largest absolute Gasteiger partial charge is 0.379 e. The van der Waals surface area contributed by atoms with E-state index in [1.165, 1.54) is 4.90 Å². The number of ether oxygens (including phenoxy) is 2. The second kappa shape index (κ2) is 12.0. The van der Waals surface area contributed by atoms with E-state index >= 15 is 0 Å². The highest BCUT2D eigenvalue weighted by molar-refractivity contribution is 6.03. The molecule has 1 aliphatic rings. The van der Waals surface area contributed by atoms with Crippen molar-refractivity contribution >= 4 is 17.7 Å². The SMILES string of the molecule is CC(C)CCOCCOCCC(=O)NCCN1C(=O)CC(C(C)C)C1=O. The highest BCUT2D eigenvalue weighted by Gasteiger charge is 2.39. The van der Waals surface area contributed by atoms with Crippen molar-refractivity contribution in [1.29, 1.82) is 0 Å². The lowest BCUT2D eigenvalue weighted by atomic mass is 9.94. The topological polar surface area (TPSA) is 84.9 Å². The van der Waals surface area contributed by atoms with Crippen LogP contribution in [0.4, 0.5) is 0 Å². The fourth-order valence-corrected chi connectivity index (χ4v) is 2.67. The summed E-state index contributed by atoms with van der Waals surface area (Å²) in [4.78, 5) is 37.1. The molecule has 0 aromatic rings. The molecule has 0 aromatic carbocycles. The standard InChI is InChI=1S/C19H34N2O5/c1-14(2)5-9-25-11-12-26-10-6-17(22)20-7-8-21-18(23)13-16(15(3)4)19(21)24/h14-16H,5-13H2,1-4H3,(H,20,22). The Morgan fingerprint density at radius 3 is 2.35 bits per heavy atom. The molecule has 150 valence electrons. The first-order chi connectivity index (χ1) is 12.3. The number of hydrogen-bond acceptors (Lipinski definition) is 5. The van der Waals surface area contributed by atoms with E-state index in [0.717, 1.165) is 13.0 Å². The maximum Gasteiger partial charge on any atom is 0.233 e. The summed E-state index contributed by atoms with van der Waals surface area (Å²) in [7, 11) is 0. The zero-order valence-electron chi connectivity index (χ0n) is 16.6. The molecule has 1 fully saturated rings. The smallest absolute Gasteiger partial charge is 0.233 e. The van der Waals surface area contributed by atoms with Crippen molar-refractivity contribution in [3.05, 3.63) is 0 Å². The van der Waals surface area contributed by atoms with Crippen LogP contribution in [0.15, 0.2) is 0 Å². The van der Waals surface area contributed by atoms with Gasteiger partial charge in [-0.3, -0.25) is 19.3 Å². The zero-order chi connectivity index (χ0) is 19.5. The van der Waals surface area contributed by atoms with Crippen molar-refractivity contribution in [3.8, 4) is 0 Å². The van der Waals surface area contributed by atoms with E-state index in [1.54, 1.807) is 0 Å². The van der Waals surface area contributed by atoms with Gasteiger partial charge in [-0.2, -0.15) is 0 Å². The van der Waals surface area contributed by atoms with Gasteiger partial charge < -0.3 is 14.8 Å². The van der Waals surface area contributed by atoms with Crippen LogP contribution in [-0.2, 0) is 23.9 Å². The molecule has 0 bridgehead atoms. The van der Waals surface area contributed by atoms with Crippen molar-refractivity contribution < 1.29 is 23.9 Å².